The number of carbonyl (C=O) groups is 1. The lowest BCUT2D eigenvalue weighted by atomic mass is 9.54. The molecule has 0 spiro atoms. The van der Waals surface area contributed by atoms with Gasteiger partial charge in [-0.15, -0.1) is 0 Å². The van der Waals surface area contributed by atoms with Gasteiger partial charge < -0.3 is 15.8 Å². The number of nitrogens with two attached hydrogens (primary N) is 1. The third-order valence-electron chi connectivity index (χ3n) is 5.29. The van der Waals surface area contributed by atoms with Crippen LogP contribution < -0.4 is 11.1 Å². The molecule has 0 aromatic carbocycles. The summed E-state index contributed by atoms with van der Waals surface area (Å²) in [6.45, 7) is 6.73. The molecule has 2 aliphatic carbocycles. The van der Waals surface area contributed by atoms with E-state index in [0.29, 0.717) is 24.3 Å². The lowest BCUT2D eigenvalue weighted by Crippen LogP contribution is -2.76. The monoisotopic (exact) mass is 300 g/mol. The molecule has 4 nitrogen and oxygen atoms in total. The van der Waals surface area contributed by atoms with Crippen molar-refractivity contribution in [2.45, 2.75) is 69.4 Å². The average molecular weight is 300 g/mol. The van der Waals surface area contributed by atoms with Crippen LogP contribution >= 0.6 is 11.8 Å². The Morgan fingerprint density at radius 1 is 1.45 bits per heavy atom. The summed E-state index contributed by atoms with van der Waals surface area (Å²) in [6, 6.07) is 0.294. The van der Waals surface area contributed by atoms with Crippen LogP contribution in [0.1, 0.15) is 46.5 Å². The smallest absolute Gasteiger partial charge is 0.241 e. The van der Waals surface area contributed by atoms with Crippen molar-refractivity contribution in [3.05, 3.63) is 0 Å². The van der Waals surface area contributed by atoms with E-state index >= 15 is 0 Å². The molecule has 0 aliphatic heterocycles. The predicted molar refractivity (Wildman–Crippen MR) is 83.8 cm³/mol. The van der Waals surface area contributed by atoms with Crippen LogP contribution in [-0.4, -0.2) is 41.7 Å². The Labute approximate surface area is 126 Å². The first-order valence-corrected chi connectivity index (χ1v) is 8.88. The summed E-state index contributed by atoms with van der Waals surface area (Å²) < 4.78 is 5.68. The van der Waals surface area contributed by atoms with Gasteiger partial charge in [0.05, 0.1) is 6.10 Å². The van der Waals surface area contributed by atoms with E-state index in [1.165, 1.54) is 6.42 Å². The van der Waals surface area contributed by atoms with Gasteiger partial charge in [0, 0.05) is 29.7 Å². The summed E-state index contributed by atoms with van der Waals surface area (Å²) in [5.41, 5.74) is 5.30. The normalized spacial score (nSPS) is 39.4. The van der Waals surface area contributed by atoms with Gasteiger partial charge in [0.2, 0.25) is 5.91 Å². The first kappa shape index (κ1) is 16.1. The molecule has 0 saturated heterocycles. The van der Waals surface area contributed by atoms with Crippen molar-refractivity contribution in [3.63, 3.8) is 0 Å². The minimum absolute atomic E-state index is 0.00482. The van der Waals surface area contributed by atoms with Crippen LogP contribution in [0.25, 0.3) is 0 Å². The molecular formula is C15H28N2O2S. The van der Waals surface area contributed by atoms with Crippen LogP contribution in [0.15, 0.2) is 0 Å². The number of nitrogens with one attached hydrogen (secondary N) is 1. The first-order chi connectivity index (χ1) is 9.35. The largest absolute Gasteiger partial charge is 0.378 e. The first-order valence-electron chi connectivity index (χ1n) is 7.59. The second-order valence-electron chi connectivity index (χ2n) is 6.68. The number of rotatable bonds is 5. The maximum atomic E-state index is 12.6. The van der Waals surface area contributed by atoms with Crippen molar-refractivity contribution >= 4 is 17.7 Å². The van der Waals surface area contributed by atoms with E-state index in [4.69, 9.17) is 10.5 Å². The molecule has 116 valence electrons. The van der Waals surface area contributed by atoms with E-state index in [9.17, 15) is 4.79 Å². The van der Waals surface area contributed by atoms with E-state index in [2.05, 4.69) is 11.6 Å². The molecule has 2 rings (SSSR count). The van der Waals surface area contributed by atoms with Gasteiger partial charge >= 0.3 is 0 Å². The van der Waals surface area contributed by atoms with Crippen LogP contribution in [0, 0.1) is 5.41 Å². The Balaban J connectivity index is 1.93. The standard InChI is InChI=1S/C15H28N2O2S/c1-5-19-12-9-15(16,14(12,2)3)13(18)17-10-6-7-11(8-10)20-4/h10-12H,5-9,16H2,1-4H3,(H,17,18). The molecule has 0 aromatic rings. The number of ether oxygens (including phenoxy) is 1. The van der Waals surface area contributed by atoms with Crippen molar-refractivity contribution in [1.82, 2.24) is 5.32 Å². The minimum Gasteiger partial charge on any atom is -0.378 e. The van der Waals surface area contributed by atoms with Crippen LogP contribution in [0.5, 0.6) is 0 Å². The van der Waals surface area contributed by atoms with Gasteiger partial charge in [0.15, 0.2) is 0 Å². The molecule has 4 unspecified atom stereocenters. The van der Waals surface area contributed by atoms with E-state index < -0.39 is 5.54 Å². The summed E-state index contributed by atoms with van der Waals surface area (Å²) in [5.74, 6) is 0.00482. The fourth-order valence-corrected chi connectivity index (χ4v) is 4.22. The second-order valence-corrected chi connectivity index (χ2v) is 7.82. The van der Waals surface area contributed by atoms with Gasteiger partial charge in [0.25, 0.3) is 0 Å². The average Bonchev–Trinajstić information content (AvgIpc) is 2.85. The molecule has 20 heavy (non-hydrogen) atoms. The molecule has 4 atom stereocenters. The summed E-state index contributed by atoms with van der Waals surface area (Å²) in [6.07, 6.45) is 6.18. The van der Waals surface area contributed by atoms with Crippen LogP contribution in [0.2, 0.25) is 0 Å². The number of amides is 1. The number of hydrogen-bond donors (Lipinski definition) is 2. The van der Waals surface area contributed by atoms with Gasteiger partial charge in [-0.1, -0.05) is 13.8 Å². The summed E-state index contributed by atoms with van der Waals surface area (Å²) >= 11 is 1.89. The van der Waals surface area contributed by atoms with Crippen molar-refractivity contribution in [1.29, 1.82) is 0 Å². The van der Waals surface area contributed by atoms with E-state index in [-0.39, 0.29) is 17.4 Å². The predicted octanol–water partition coefficient (Wildman–Crippen LogP) is 1.92. The van der Waals surface area contributed by atoms with Gasteiger partial charge in [-0.25, -0.2) is 0 Å². The molecule has 0 heterocycles. The zero-order valence-electron chi connectivity index (χ0n) is 13.1. The quantitative estimate of drug-likeness (QED) is 0.814. The van der Waals surface area contributed by atoms with Gasteiger partial charge in [-0.05, 0) is 32.4 Å². The number of carbonyl (C=O) groups excluding carboxylic acids is 1. The molecule has 3 N–H and O–H groups in total. The Kier molecular flexibility index (Phi) is 4.72. The number of thioether (sulfide) groups is 1. The molecule has 1 amide bonds. The Morgan fingerprint density at radius 2 is 2.15 bits per heavy atom. The summed E-state index contributed by atoms with van der Waals surface area (Å²) in [7, 11) is 0. The van der Waals surface area contributed by atoms with Crippen LogP contribution in [0.3, 0.4) is 0 Å². The van der Waals surface area contributed by atoms with Crippen molar-refractivity contribution in [2.24, 2.45) is 11.1 Å². The highest BCUT2D eigenvalue weighted by Crippen LogP contribution is 2.50. The van der Waals surface area contributed by atoms with Gasteiger partial charge in [-0.3, -0.25) is 4.79 Å². The van der Waals surface area contributed by atoms with Crippen molar-refractivity contribution < 1.29 is 9.53 Å². The Bertz CT molecular complexity index is 375. The molecule has 0 aromatic heterocycles. The second kappa shape index (κ2) is 5.85. The molecule has 2 fully saturated rings. The molecule has 0 radical (unpaired) electrons. The SMILES string of the molecule is CCOC1CC(N)(C(=O)NC2CCC(SC)C2)C1(C)C. The number of hydrogen-bond acceptors (Lipinski definition) is 4. The Hall–Kier alpha value is -0.260. The highest BCUT2D eigenvalue weighted by Gasteiger charge is 2.63. The van der Waals surface area contributed by atoms with Crippen LogP contribution in [-0.2, 0) is 9.53 Å². The molecular weight excluding hydrogens is 272 g/mol. The minimum atomic E-state index is -0.787. The fraction of sp³-hybridized carbons (Fsp3) is 0.933. The third-order valence-corrected chi connectivity index (χ3v) is 6.38. The molecule has 2 aliphatic rings. The van der Waals surface area contributed by atoms with Crippen molar-refractivity contribution in [2.75, 3.05) is 12.9 Å². The fourth-order valence-electron chi connectivity index (χ4n) is 3.42. The summed E-state index contributed by atoms with van der Waals surface area (Å²) in [5, 5.41) is 3.85. The Morgan fingerprint density at radius 3 is 2.65 bits per heavy atom. The maximum absolute atomic E-state index is 12.6. The van der Waals surface area contributed by atoms with E-state index in [0.717, 1.165) is 12.8 Å². The topological polar surface area (TPSA) is 64.3 Å². The van der Waals surface area contributed by atoms with Gasteiger partial charge in [0.1, 0.15) is 5.54 Å². The lowest BCUT2D eigenvalue weighted by molar-refractivity contribution is -0.171. The molecule has 0 bridgehead atoms. The summed E-state index contributed by atoms with van der Waals surface area (Å²) in [4.78, 5) is 12.6. The molecule has 5 heteroatoms. The van der Waals surface area contributed by atoms with E-state index in [1.807, 2.05) is 32.5 Å². The zero-order valence-corrected chi connectivity index (χ0v) is 13.9. The van der Waals surface area contributed by atoms with Crippen molar-refractivity contribution in [3.8, 4) is 0 Å². The zero-order chi connectivity index (χ0) is 15.0. The lowest BCUT2D eigenvalue weighted by Gasteiger charge is -2.57. The highest BCUT2D eigenvalue weighted by atomic mass is 32.2. The maximum Gasteiger partial charge on any atom is 0.241 e. The third kappa shape index (κ3) is 2.60. The van der Waals surface area contributed by atoms with Gasteiger partial charge in [-0.2, -0.15) is 11.8 Å². The van der Waals surface area contributed by atoms with Crippen LogP contribution in [0.4, 0.5) is 0 Å². The van der Waals surface area contributed by atoms with E-state index in [1.54, 1.807) is 0 Å². The molecule has 2 saturated carbocycles. The highest BCUT2D eigenvalue weighted by molar-refractivity contribution is 7.99.